The van der Waals surface area contributed by atoms with Crippen molar-refractivity contribution in [1.82, 2.24) is 0 Å². The van der Waals surface area contributed by atoms with Gasteiger partial charge in [-0.15, -0.1) is 0 Å². The monoisotopic (exact) mass is 253 g/mol. The lowest BCUT2D eigenvalue weighted by molar-refractivity contribution is -0.161. The van der Waals surface area contributed by atoms with E-state index in [-0.39, 0.29) is 5.41 Å². The maximum Gasteiger partial charge on any atom is 0.356 e. The molecule has 4 saturated carbocycles. The molecule has 6 N–H and O–H groups in total. The van der Waals surface area contributed by atoms with Crippen LogP contribution >= 0.6 is 0 Å². The highest BCUT2D eigenvalue weighted by Gasteiger charge is 2.51. The Kier molecular flexibility index (Phi) is 2.70. The molecule has 0 radical (unpaired) electrons. The molecule has 4 aliphatic rings. The molecule has 0 aromatic carbocycles. The quantitative estimate of drug-likeness (QED) is 0.495. The van der Waals surface area contributed by atoms with Crippen molar-refractivity contribution in [2.75, 3.05) is 6.61 Å². The summed E-state index contributed by atoms with van der Waals surface area (Å²) < 4.78 is 5.28. The molecule has 18 heavy (non-hydrogen) atoms. The van der Waals surface area contributed by atoms with Crippen molar-refractivity contribution in [2.45, 2.75) is 44.3 Å². The SMILES string of the molecule is NC(N)(N)C(=O)OCC12CC3CC(CC(C3)C1)C2. The van der Waals surface area contributed by atoms with Gasteiger partial charge in [0.1, 0.15) is 0 Å². The highest BCUT2D eigenvalue weighted by molar-refractivity contribution is 5.78. The number of hydrogen-bond donors (Lipinski definition) is 3. The summed E-state index contributed by atoms with van der Waals surface area (Å²) in [6.45, 7) is 0.447. The third-order valence-electron chi connectivity index (χ3n) is 5.03. The zero-order chi connectivity index (χ0) is 13.0. The summed E-state index contributed by atoms with van der Waals surface area (Å²) in [4.78, 5) is 11.6. The summed E-state index contributed by atoms with van der Waals surface area (Å²) in [6.07, 6.45) is 7.71. The van der Waals surface area contributed by atoms with E-state index in [0.29, 0.717) is 6.61 Å². The maximum absolute atomic E-state index is 11.6. The van der Waals surface area contributed by atoms with Gasteiger partial charge in [-0.05, 0) is 56.3 Å². The highest BCUT2D eigenvalue weighted by atomic mass is 16.5. The lowest BCUT2D eigenvalue weighted by atomic mass is 9.50. The van der Waals surface area contributed by atoms with Crippen molar-refractivity contribution >= 4 is 5.97 Å². The van der Waals surface area contributed by atoms with Gasteiger partial charge in [0.05, 0.1) is 6.61 Å². The van der Waals surface area contributed by atoms with Gasteiger partial charge >= 0.3 is 5.97 Å². The molecule has 0 saturated heterocycles. The van der Waals surface area contributed by atoms with Gasteiger partial charge in [-0.2, -0.15) is 0 Å². The summed E-state index contributed by atoms with van der Waals surface area (Å²) in [5, 5.41) is 0. The fourth-order valence-electron chi connectivity index (χ4n) is 4.81. The number of carbonyl (C=O) groups excluding carboxylic acids is 1. The Morgan fingerprint density at radius 2 is 1.50 bits per heavy atom. The van der Waals surface area contributed by atoms with E-state index in [9.17, 15) is 4.79 Å². The standard InChI is InChI=1S/C13H23N3O2/c14-13(15,16)11(17)18-7-12-4-8-1-9(5-12)3-10(2-8)6-12/h8-10H,1-7,14-16H2. The van der Waals surface area contributed by atoms with E-state index in [1.54, 1.807) is 0 Å². The van der Waals surface area contributed by atoms with Gasteiger partial charge in [0.25, 0.3) is 0 Å². The molecular weight excluding hydrogens is 230 g/mol. The van der Waals surface area contributed by atoms with E-state index in [1.807, 2.05) is 0 Å². The average Bonchev–Trinajstić information content (AvgIpc) is 2.22. The van der Waals surface area contributed by atoms with Crippen molar-refractivity contribution in [1.29, 1.82) is 0 Å². The number of rotatable bonds is 3. The van der Waals surface area contributed by atoms with Crippen LogP contribution in [0.15, 0.2) is 0 Å². The van der Waals surface area contributed by atoms with Gasteiger partial charge in [-0.1, -0.05) is 0 Å². The summed E-state index contributed by atoms with van der Waals surface area (Å²) in [5.41, 5.74) is 16.2. The number of esters is 1. The van der Waals surface area contributed by atoms with Crippen LogP contribution < -0.4 is 17.2 Å². The Labute approximate surface area is 107 Å². The molecule has 5 nitrogen and oxygen atoms in total. The molecule has 0 amide bonds. The van der Waals surface area contributed by atoms with Crippen molar-refractivity contribution in [2.24, 2.45) is 40.4 Å². The first-order chi connectivity index (χ1) is 8.36. The largest absolute Gasteiger partial charge is 0.462 e. The molecule has 4 fully saturated rings. The molecule has 4 aliphatic carbocycles. The van der Waals surface area contributed by atoms with E-state index in [4.69, 9.17) is 21.9 Å². The van der Waals surface area contributed by atoms with E-state index in [1.165, 1.54) is 38.5 Å². The predicted octanol–water partition coefficient (Wildman–Crippen LogP) is 0.276. The van der Waals surface area contributed by atoms with Gasteiger partial charge in [0.2, 0.25) is 5.79 Å². The minimum atomic E-state index is -1.86. The second kappa shape index (κ2) is 3.92. The van der Waals surface area contributed by atoms with E-state index < -0.39 is 11.8 Å². The number of ether oxygens (including phenoxy) is 1. The third kappa shape index (κ3) is 2.15. The normalized spacial score (nSPS) is 42.1. The fourth-order valence-corrected chi connectivity index (χ4v) is 4.81. The first-order valence-electron chi connectivity index (χ1n) is 6.90. The van der Waals surface area contributed by atoms with Crippen LogP contribution in [0.2, 0.25) is 0 Å². The van der Waals surface area contributed by atoms with Gasteiger partial charge in [-0.3, -0.25) is 17.2 Å². The molecule has 102 valence electrons. The Balaban J connectivity index is 1.64. The Bertz CT molecular complexity index is 326. The van der Waals surface area contributed by atoms with E-state index in [0.717, 1.165) is 17.8 Å². The average molecular weight is 253 g/mol. The van der Waals surface area contributed by atoms with Crippen LogP contribution in [0.25, 0.3) is 0 Å². The maximum atomic E-state index is 11.6. The molecule has 0 aromatic heterocycles. The van der Waals surface area contributed by atoms with Crippen LogP contribution in [0.5, 0.6) is 0 Å². The van der Waals surface area contributed by atoms with Crippen LogP contribution in [-0.2, 0) is 9.53 Å². The minimum absolute atomic E-state index is 0.190. The van der Waals surface area contributed by atoms with Crippen LogP contribution in [0.4, 0.5) is 0 Å². The minimum Gasteiger partial charge on any atom is -0.462 e. The first-order valence-corrected chi connectivity index (χ1v) is 6.90. The molecule has 0 aliphatic heterocycles. The van der Waals surface area contributed by atoms with Crippen LogP contribution in [0.3, 0.4) is 0 Å². The Hall–Kier alpha value is -0.650. The second-order valence-electron chi connectivity index (χ2n) is 6.93. The summed E-state index contributed by atoms with van der Waals surface area (Å²) >= 11 is 0. The topological polar surface area (TPSA) is 104 Å². The van der Waals surface area contributed by atoms with Gasteiger partial charge < -0.3 is 4.74 Å². The molecule has 0 aromatic rings. The van der Waals surface area contributed by atoms with Crippen LogP contribution in [0.1, 0.15) is 38.5 Å². The van der Waals surface area contributed by atoms with Crippen LogP contribution in [0, 0.1) is 23.2 Å². The fraction of sp³-hybridized carbons (Fsp3) is 0.923. The van der Waals surface area contributed by atoms with Crippen LogP contribution in [-0.4, -0.2) is 18.4 Å². The number of nitrogens with two attached hydrogens (primary N) is 3. The summed E-state index contributed by atoms with van der Waals surface area (Å²) in [7, 11) is 0. The lowest BCUT2D eigenvalue weighted by Gasteiger charge is -2.56. The first kappa shape index (κ1) is 12.4. The van der Waals surface area contributed by atoms with Gasteiger partial charge in [-0.25, -0.2) is 4.79 Å². The van der Waals surface area contributed by atoms with E-state index >= 15 is 0 Å². The zero-order valence-electron chi connectivity index (χ0n) is 10.7. The predicted molar refractivity (Wildman–Crippen MR) is 66.9 cm³/mol. The highest BCUT2D eigenvalue weighted by Crippen LogP contribution is 2.60. The van der Waals surface area contributed by atoms with Crippen molar-refractivity contribution in [3.8, 4) is 0 Å². The summed E-state index contributed by atoms with van der Waals surface area (Å²) in [6, 6.07) is 0. The van der Waals surface area contributed by atoms with Gasteiger partial charge in [0.15, 0.2) is 0 Å². The van der Waals surface area contributed by atoms with Crippen molar-refractivity contribution < 1.29 is 9.53 Å². The van der Waals surface area contributed by atoms with Crippen molar-refractivity contribution in [3.05, 3.63) is 0 Å². The molecule has 5 heteroatoms. The Morgan fingerprint density at radius 1 is 1.06 bits per heavy atom. The van der Waals surface area contributed by atoms with Crippen molar-refractivity contribution in [3.63, 3.8) is 0 Å². The summed E-state index contributed by atoms with van der Waals surface area (Å²) in [5.74, 6) is -0.0317. The molecule has 0 atom stereocenters. The van der Waals surface area contributed by atoms with Gasteiger partial charge in [0, 0.05) is 5.41 Å². The zero-order valence-corrected chi connectivity index (χ0v) is 10.7. The number of hydrogen-bond acceptors (Lipinski definition) is 5. The second-order valence-corrected chi connectivity index (χ2v) is 6.93. The third-order valence-corrected chi connectivity index (χ3v) is 5.03. The molecule has 0 heterocycles. The molecule has 0 unspecified atom stereocenters. The molecule has 4 bridgehead atoms. The smallest absolute Gasteiger partial charge is 0.356 e. The molecule has 0 spiro atoms. The van der Waals surface area contributed by atoms with E-state index in [2.05, 4.69) is 0 Å². The molecular formula is C13H23N3O2. The Morgan fingerprint density at radius 3 is 1.89 bits per heavy atom. The number of carbonyl (C=O) groups is 1. The lowest BCUT2D eigenvalue weighted by Crippen LogP contribution is -2.65. The molecule has 4 rings (SSSR count).